The number of carbonyl (C=O) groups excluding carboxylic acids is 1. The van der Waals surface area contributed by atoms with Gasteiger partial charge in [0.05, 0.1) is 5.69 Å². The zero-order chi connectivity index (χ0) is 13.4. The number of hydrogen-bond donors (Lipinski definition) is 1. The number of aromatic amines is 1. The third-order valence-electron chi connectivity index (χ3n) is 3.41. The lowest BCUT2D eigenvalue weighted by atomic mass is 10.0. The molecule has 0 unspecified atom stereocenters. The van der Waals surface area contributed by atoms with Crippen LogP contribution in [-0.2, 0) is 0 Å². The van der Waals surface area contributed by atoms with Gasteiger partial charge in [-0.05, 0) is 51.0 Å². The topological polar surface area (TPSA) is 32.9 Å². The fourth-order valence-electron chi connectivity index (χ4n) is 2.02. The van der Waals surface area contributed by atoms with Gasteiger partial charge >= 0.3 is 0 Å². The summed E-state index contributed by atoms with van der Waals surface area (Å²) in [6.45, 7) is 7.99. The predicted molar refractivity (Wildman–Crippen MR) is 77.3 cm³/mol. The summed E-state index contributed by atoms with van der Waals surface area (Å²) in [5, 5.41) is 0. The smallest absolute Gasteiger partial charge is 0.210 e. The molecule has 1 N–H and O–H groups in total. The zero-order valence-corrected chi connectivity index (χ0v) is 12.6. The van der Waals surface area contributed by atoms with Crippen molar-refractivity contribution in [2.45, 2.75) is 27.7 Å². The van der Waals surface area contributed by atoms with Crippen LogP contribution in [-0.4, -0.2) is 10.8 Å². The second-order valence-corrected chi connectivity index (χ2v) is 5.54. The van der Waals surface area contributed by atoms with Crippen molar-refractivity contribution >= 4 is 21.7 Å². The Hall–Kier alpha value is -1.35. The van der Waals surface area contributed by atoms with E-state index in [1.165, 1.54) is 0 Å². The van der Waals surface area contributed by atoms with Gasteiger partial charge in [0.15, 0.2) is 0 Å². The Morgan fingerprint density at radius 3 is 2.33 bits per heavy atom. The Morgan fingerprint density at radius 1 is 1.11 bits per heavy atom. The largest absolute Gasteiger partial charge is 0.356 e. The molecule has 0 aliphatic heterocycles. The van der Waals surface area contributed by atoms with Crippen LogP contribution in [0, 0.1) is 27.7 Å². The second kappa shape index (κ2) is 4.73. The van der Waals surface area contributed by atoms with Gasteiger partial charge in [-0.1, -0.05) is 27.6 Å². The van der Waals surface area contributed by atoms with Gasteiger partial charge in [0, 0.05) is 15.7 Å². The highest BCUT2D eigenvalue weighted by atomic mass is 79.9. The summed E-state index contributed by atoms with van der Waals surface area (Å²) >= 11 is 3.44. The van der Waals surface area contributed by atoms with Crippen molar-refractivity contribution in [2.75, 3.05) is 0 Å². The van der Waals surface area contributed by atoms with Gasteiger partial charge in [-0.25, -0.2) is 0 Å². The van der Waals surface area contributed by atoms with Gasteiger partial charge < -0.3 is 4.98 Å². The maximum absolute atomic E-state index is 12.5. The molecule has 1 aromatic heterocycles. The molecule has 94 valence electrons. The molecule has 3 heteroatoms. The summed E-state index contributed by atoms with van der Waals surface area (Å²) in [6, 6.07) is 5.82. The molecule has 2 rings (SSSR count). The molecule has 0 fully saturated rings. The highest BCUT2D eigenvalue weighted by Gasteiger charge is 2.18. The van der Waals surface area contributed by atoms with E-state index in [9.17, 15) is 4.79 Å². The summed E-state index contributed by atoms with van der Waals surface area (Å²) < 4.78 is 0.836. The molecule has 1 heterocycles. The maximum Gasteiger partial charge on any atom is 0.210 e. The van der Waals surface area contributed by atoms with Gasteiger partial charge in [0.2, 0.25) is 5.78 Å². The van der Waals surface area contributed by atoms with Crippen molar-refractivity contribution in [2.24, 2.45) is 0 Å². The first-order chi connectivity index (χ1) is 8.41. The molecule has 1 aromatic carbocycles. The molecule has 18 heavy (non-hydrogen) atoms. The summed E-state index contributed by atoms with van der Waals surface area (Å²) in [4.78, 5) is 15.7. The predicted octanol–water partition coefficient (Wildman–Crippen LogP) is 4.24. The number of carbonyl (C=O) groups is 1. The van der Waals surface area contributed by atoms with Crippen molar-refractivity contribution in [3.05, 3.63) is 56.3 Å². The van der Waals surface area contributed by atoms with Crippen LogP contribution in [0.25, 0.3) is 0 Å². The molecule has 2 aromatic rings. The maximum atomic E-state index is 12.5. The minimum absolute atomic E-state index is 0.0410. The molecule has 0 spiro atoms. The monoisotopic (exact) mass is 305 g/mol. The van der Waals surface area contributed by atoms with E-state index in [-0.39, 0.29) is 5.78 Å². The highest BCUT2D eigenvalue weighted by molar-refractivity contribution is 9.10. The number of halogens is 1. The molecule has 0 saturated carbocycles. The summed E-state index contributed by atoms with van der Waals surface area (Å²) in [5.41, 5.74) is 5.72. The van der Waals surface area contributed by atoms with Crippen LogP contribution in [0.1, 0.15) is 38.4 Å². The van der Waals surface area contributed by atoms with Crippen LogP contribution in [0.4, 0.5) is 0 Å². The van der Waals surface area contributed by atoms with Crippen molar-refractivity contribution in [3.63, 3.8) is 0 Å². The van der Waals surface area contributed by atoms with Crippen molar-refractivity contribution in [3.8, 4) is 0 Å². The molecule has 0 amide bonds. The first-order valence-corrected chi connectivity index (χ1v) is 6.67. The minimum atomic E-state index is 0.0410. The van der Waals surface area contributed by atoms with E-state index < -0.39 is 0 Å². The fraction of sp³-hybridized carbons (Fsp3) is 0.267. The van der Waals surface area contributed by atoms with Crippen LogP contribution in [0.2, 0.25) is 0 Å². The van der Waals surface area contributed by atoms with Crippen molar-refractivity contribution in [1.29, 1.82) is 0 Å². The lowest BCUT2D eigenvalue weighted by molar-refractivity contribution is 0.103. The Balaban J connectivity index is 2.54. The molecule has 0 radical (unpaired) electrons. The van der Waals surface area contributed by atoms with Crippen molar-refractivity contribution < 1.29 is 4.79 Å². The first kappa shape index (κ1) is 13.1. The Kier molecular flexibility index (Phi) is 3.44. The van der Waals surface area contributed by atoms with Gasteiger partial charge in [0.25, 0.3) is 0 Å². The number of benzene rings is 1. The number of ketones is 1. The average Bonchev–Trinajstić information content (AvgIpc) is 2.59. The molecule has 0 aliphatic carbocycles. The van der Waals surface area contributed by atoms with Gasteiger partial charge in [-0.2, -0.15) is 0 Å². The fourth-order valence-corrected chi connectivity index (χ4v) is 2.45. The highest BCUT2D eigenvalue weighted by Crippen LogP contribution is 2.24. The summed E-state index contributed by atoms with van der Waals surface area (Å²) in [6.07, 6.45) is 0. The number of hydrogen-bond acceptors (Lipinski definition) is 1. The summed E-state index contributed by atoms with van der Waals surface area (Å²) in [5.74, 6) is 0.0410. The lowest BCUT2D eigenvalue weighted by Gasteiger charge is -2.05. The van der Waals surface area contributed by atoms with Crippen molar-refractivity contribution in [1.82, 2.24) is 4.98 Å². The van der Waals surface area contributed by atoms with E-state index >= 15 is 0 Å². The molecular weight excluding hydrogens is 290 g/mol. The second-order valence-electron chi connectivity index (χ2n) is 4.69. The van der Waals surface area contributed by atoms with E-state index in [2.05, 4.69) is 20.9 Å². The van der Waals surface area contributed by atoms with E-state index in [4.69, 9.17) is 0 Å². The number of aromatic nitrogens is 1. The Labute approximate surface area is 116 Å². The minimum Gasteiger partial charge on any atom is -0.356 e. The summed E-state index contributed by atoms with van der Waals surface area (Å²) in [7, 11) is 0. The average molecular weight is 306 g/mol. The van der Waals surface area contributed by atoms with Crippen LogP contribution in [0.15, 0.2) is 22.7 Å². The van der Waals surface area contributed by atoms with E-state index in [1.54, 1.807) is 0 Å². The third kappa shape index (κ3) is 2.15. The number of aryl methyl sites for hydroxylation is 2. The lowest BCUT2D eigenvalue weighted by Crippen LogP contribution is -2.05. The van der Waals surface area contributed by atoms with E-state index in [0.717, 1.165) is 26.9 Å². The SMILES string of the molecule is Cc1ccc(Br)c(C(=O)c2[nH]c(C)c(C)c2C)c1. The molecule has 0 saturated heterocycles. The van der Waals surface area contributed by atoms with Gasteiger partial charge in [-0.15, -0.1) is 0 Å². The Bertz CT molecular complexity index is 626. The zero-order valence-electron chi connectivity index (χ0n) is 11.0. The molecular formula is C15H16BrNO. The third-order valence-corrected chi connectivity index (χ3v) is 4.10. The van der Waals surface area contributed by atoms with Crippen LogP contribution in [0.5, 0.6) is 0 Å². The quantitative estimate of drug-likeness (QED) is 0.827. The van der Waals surface area contributed by atoms with E-state index in [0.29, 0.717) is 11.3 Å². The molecule has 0 bridgehead atoms. The van der Waals surface area contributed by atoms with Gasteiger partial charge in [-0.3, -0.25) is 4.79 Å². The first-order valence-electron chi connectivity index (χ1n) is 5.88. The number of nitrogens with one attached hydrogen (secondary N) is 1. The molecule has 2 nitrogen and oxygen atoms in total. The van der Waals surface area contributed by atoms with Crippen LogP contribution >= 0.6 is 15.9 Å². The Morgan fingerprint density at radius 2 is 1.78 bits per heavy atom. The van der Waals surface area contributed by atoms with Gasteiger partial charge in [0.1, 0.15) is 0 Å². The molecule has 0 atom stereocenters. The van der Waals surface area contributed by atoms with Crippen LogP contribution in [0.3, 0.4) is 0 Å². The number of rotatable bonds is 2. The number of H-pyrrole nitrogens is 1. The molecule has 0 aliphatic rings. The standard InChI is InChI=1S/C15H16BrNO/c1-8-5-6-13(16)12(7-8)15(18)14-10(3)9(2)11(4)17-14/h5-7,17H,1-4H3. The van der Waals surface area contributed by atoms with E-state index in [1.807, 2.05) is 45.9 Å². The van der Waals surface area contributed by atoms with Crippen LogP contribution < -0.4 is 0 Å². The normalized spacial score (nSPS) is 10.7.